The molecule has 0 aromatic rings. The van der Waals surface area contributed by atoms with Gasteiger partial charge in [-0.25, -0.2) is 0 Å². The minimum atomic E-state index is -0.684. The van der Waals surface area contributed by atoms with Crippen LogP contribution in [0.4, 0.5) is 0 Å². The summed E-state index contributed by atoms with van der Waals surface area (Å²) in [5, 5.41) is 18.4. The van der Waals surface area contributed by atoms with Crippen LogP contribution in [0, 0.1) is 0 Å². The maximum atomic E-state index is 11.4. The number of aliphatic hydroxyl groups excluding tert-OH is 2. The molecule has 0 aromatic heterocycles. The van der Waals surface area contributed by atoms with Crippen LogP contribution in [0.3, 0.4) is 0 Å². The van der Waals surface area contributed by atoms with Gasteiger partial charge in [0.05, 0.1) is 12.2 Å². The van der Waals surface area contributed by atoms with Gasteiger partial charge in [0.2, 0.25) is 0 Å². The maximum Gasteiger partial charge on any atom is 0.317 e. The number of hydrogen-bond acceptors (Lipinski definition) is 6. The zero-order valence-electron chi connectivity index (χ0n) is 10.3. The van der Waals surface area contributed by atoms with E-state index in [0.29, 0.717) is 12.8 Å². The van der Waals surface area contributed by atoms with Crippen LogP contribution in [0.15, 0.2) is 24.3 Å². The fourth-order valence-corrected chi connectivity index (χ4v) is 2.01. The second-order valence-corrected chi connectivity index (χ2v) is 4.61. The average Bonchev–Trinajstić information content (AvgIpc) is 2.87. The van der Waals surface area contributed by atoms with Gasteiger partial charge in [0.1, 0.15) is 18.6 Å². The van der Waals surface area contributed by atoms with Gasteiger partial charge in [0, 0.05) is 12.8 Å². The highest BCUT2D eigenvalue weighted by Gasteiger charge is 2.24. The lowest BCUT2D eigenvalue weighted by Gasteiger charge is -2.13. The van der Waals surface area contributed by atoms with Gasteiger partial charge in [-0.3, -0.25) is 9.59 Å². The predicted molar refractivity (Wildman–Crippen MR) is 63.9 cm³/mol. The van der Waals surface area contributed by atoms with Crippen LogP contribution in [-0.2, 0) is 19.1 Å². The fraction of sp³-hybridized carbons (Fsp3) is 0.538. The predicted octanol–water partition coefficient (Wildman–Crippen LogP) is -0.158. The molecule has 0 radical (unpaired) electrons. The minimum Gasteiger partial charge on any atom is -0.458 e. The van der Waals surface area contributed by atoms with Crippen molar-refractivity contribution in [3.8, 4) is 0 Å². The SMILES string of the molecule is O=C(CC(=O)OC1C=CC(O)C1)OC1C=CC(O)C1. The molecule has 2 aliphatic carbocycles. The Labute approximate surface area is 110 Å². The van der Waals surface area contributed by atoms with Gasteiger partial charge in [-0.2, -0.15) is 0 Å². The summed E-state index contributed by atoms with van der Waals surface area (Å²) in [6.45, 7) is 0. The van der Waals surface area contributed by atoms with Crippen molar-refractivity contribution in [3.05, 3.63) is 24.3 Å². The quantitative estimate of drug-likeness (QED) is 0.418. The molecule has 2 aliphatic rings. The van der Waals surface area contributed by atoms with Crippen LogP contribution in [0.25, 0.3) is 0 Å². The average molecular weight is 268 g/mol. The lowest BCUT2D eigenvalue weighted by molar-refractivity contribution is -0.158. The van der Waals surface area contributed by atoms with Crippen LogP contribution in [0.5, 0.6) is 0 Å². The second-order valence-electron chi connectivity index (χ2n) is 4.61. The van der Waals surface area contributed by atoms with Crippen LogP contribution in [0.1, 0.15) is 19.3 Å². The molecule has 6 heteroatoms. The van der Waals surface area contributed by atoms with E-state index in [0.717, 1.165) is 0 Å². The van der Waals surface area contributed by atoms with E-state index >= 15 is 0 Å². The van der Waals surface area contributed by atoms with Crippen molar-refractivity contribution in [2.75, 3.05) is 0 Å². The third-order valence-electron chi connectivity index (χ3n) is 2.90. The summed E-state index contributed by atoms with van der Waals surface area (Å²) in [5.74, 6) is -1.37. The molecule has 0 saturated carbocycles. The van der Waals surface area contributed by atoms with Crippen LogP contribution >= 0.6 is 0 Å². The largest absolute Gasteiger partial charge is 0.458 e. The van der Waals surface area contributed by atoms with Gasteiger partial charge in [0.25, 0.3) is 0 Å². The first-order valence-electron chi connectivity index (χ1n) is 6.14. The molecule has 0 bridgehead atoms. The molecule has 0 heterocycles. The standard InChI is InChI=1S/C13H16O6/c14-8-1-3-10(5-8)18-12(16)7-13(17)19-11-4-2-9(15)6-11/h1-4,8-11,14-15H,5-7H2. The van der Waals surface area contributed by atoms with Gasteiger partial charge < -0.3 is 19.7 Å². The minimum absolute atomic E-state index is 0.318. The molecule has 19 heavy (non-hydrogen) atoms. The summed E-state index contributed by atoms with van der Waals surface area (Å²) in [6, 6.07) is 0. The Hall–Kier alpha value is -1.66. The van der Waals surface area contributed by atoms with E-state index in [9.17, 15) is 19.8 Å². The normalized spacial score (nSPS) is 32.5. The summed E-state index contributed by atoms with van der Waals surface area (Å²) in [6.07, 6.45) is 4.25. The molecule has 0 fully saturated rings. The molecule has 0 aromatic carbocycles. The molecule has 0 saturated heterocycles. The lowest BCUT2D eigenvalue weighted by Crippen LogP contribution is -2.22. The Morgan fingerprint density at radius 3 is 1.63 bits per heavy atom. The Morgan fingerprint density at radius 2 is 1.32 bits per heavy atom. The third kappa shape index (κ3) is 4.18. The Bertz CT molecular complexity index is 375. The second kappa shape index (κ2) is 5.99. The topological polar surface area (TPSA) is 93.1 Å². The first-order valence-corrected chi connectivity index (χ1v) is 6.14. The third-order valence-corrected chi connectivity index (χ3v) is 2.90. The molecule has 0 spiro atoms. The summed E-state index contributed by atoms with van der Waals surface area (Å²) < 4.78 is 9.97. The molecule has 4 unspecified atom stereocenters. The van der Waals surface area contributed by atoms with Crippen molar-refractivity contribution in [1.82, 2.24) is 0 Å². The van der Waals surface area contributed by atoms with Crippen molar-refractivity contribution < 1.29 is 29.3 Å². The van der Waals surface area contributed by atoms with E-state index in [-0.39, 0.29) is 0 Å². The highest BCUT2D eigenvalue weighted by atomic mass is 16.6. The molecule has 6 nitrogen and oxygen atoms in total. The van der Waals surface area contributed by atoms with Crippen molar-refractivity contribution >= 4 is 11.9 Å². The van der Waals surface area contributed by atoms with Crippen LogP contribution in [-0.4, -0.2) is 46.6 Å². The number of carbonyl (C=O) groups is 2. The Morgan fingerprint density at radius 1 is 0.895 bits per heavy atom. The number of rotatable bonds is 4. The van der Waals surface area contributed by atoms with Crippen molar-refractivity contribution in [2.45, 2.75) is 43.7 Å². The van der Waals surface area contributed by atoms with Crippen molar-refractivity contribution in [3.63, 3.8) is 0 Å². The van der Waals surface area contributed by atoms with Gasteiger partial charge in [0.15, 0.2) is 0 Å². The monoisotopic (exact) mass is 268 g/mol. The molecule has 0 aliphatic heterocycles. The van der Waals surface area contributed by atoms with E-state index < -0.39 is 42.8 Å². The number of aliphatic hydroxyl groups is 2. The molecular formula is C13H16O6. The van der Waals surface area contributed by atoms with Crippen LogP contribution in [0.2, 0.25) is 0 Å². The zero-order valence-corrected chi connectivity index (χ0v) is 10.3. The molecule has 2 N–H and O–H groups in total. The van der Waals surface area contributed by atoms with Gasteiger partial charge >= 0.3 is 11.9 Å². The number of carbonyl (C=O) groups excluding carboxylic acids is 2. The smallest absolute Gasteiger partial charge is 0.317 e. The molecule has 0 amide bonds. The van der Waals surface area contributed by atoms with Gasteiger partial charge in [-0.15, -0.1) is 0 Å². The Kier molecular flexibility index (Phi) is 4.34. The highest BCUT2D eigenvalue weighted by molar-refractivity contribution is 5.91. The lowest BCUT2D eigenvalue weighted by atomic mass is 10.3. The molecule has 104 valence electrons. The number of ether oxygens (including phenoxy) is 2. The maximum absolute atomic E-state index is 11.4. The van der Waals surface area contributed by atoms with Gasteiger partial charge in [-0.1, -0.05) is 12.2 Å². The first-order chi connectivity index (χ1) is 9.02. The molecular weight excluding hydrogens is 252 g/mol. The molecule has 2 rings (SSSR count). The van der Waals surface area contributed by atoms with E-state index in [1.54, 1.807) is 24.3 Å². The van der Waals surface area contributed by atoms with Gasteiger partial charge in [-0.05, 0) is 12.2 Å². The first kappa shape index (κ1) is 13.8. The van der Waals surface area contributed by atoms with E-state index in [1.807, 2.05) is 0 Å². The van der Waals surface area contributed by atoms with Crippen molar-refractivity contribution in [1.29, 1.82) is 0 Å². The Balaban J connectivity index is 1.69. The zero-order chi connectivity index (χ0) is 13.8. The van der Waals surface area contributed by atoms with Crippen LogP contribution < -0.4 is 0 Å². The van der Waals surface area contributed by atoms with E-state index in [2.05, 4.69) is 0 Å². The summed E-state index contributed by atoms with van der Waals surface area (Å²) in [4.78, 5) is 22.9. The van der Waals surface area contributed by atoms with E-state index in [1.165, 1.54) is 0 Å². The summed E-state index contributed by atoms with van der Waals surface area (Å²) in [7, 11) is 0. The number of hydrogen-bond donors (Lipinski definition) is 2. The van der Waals surface area contributed by atoms with Crippen molar-refractivity contribution in [2.24, 2.45) is 0 Å². The van der Waals surface area contributed by atoms with E-state index in [4.69, 9.17) is 9.47 Å². The summed E-state index contributed by atoms with van der Waals surface area (Å²) in [5.41, 5.74) is 0. The molecule has 4 atom stereocenters. The number of esters is 2. The summed E-state index contributed by atoms with van der Waals surface area (Å²) >= 11 is 0. The highest BCUT2D eigenvalue weighted by Crippen LogP contribution is 2.16. The fourth-order valence-electron chi connectivity index (χ4n) is 2.01.